The molecule has 1 fully saturated rings. The molecule has 1 aliphatic heterocycles. The zero-order valence-electron chi connectivity index (χ0n) is 17.6. The summed E-state index contributed by atoms with van der Waals surface area (Å²) in [5.41, 5.74) is 2.57. The number of morpholine rings is 1. The van der Waals surface area contributed by atoms with Gasteiger partial charge in [0.25, 0.3) is 0 Å². The fourth-order valence-corrected chi connectivity index (χ4v) is 4.21. The van der Waals surface area contributed by atoms with Crippen LogP contribution >= 0.6 is 22.9 Å². The van der Waals surface area contributed by atoms with Gasteiger partial charge in [-0.05, 0) is 35.6 Å². The minimum Gasteiger partial charge on any atom is -0.465 e. The number of hydrogen-bond acceptors (Lipinski definition) is 9. The van der Waals surface area contributed by atoms with Gasteiger partial charge in [-0.1, -0.05) is 23.7 Å². The summed E-state index contributed by atoms with van der Waals surface area (Å²) in [5.74, 6) is 0.374. The number of rotatable bonds is 8. The number of nitrogens with one attached hydrogen (secondary N) is 2. The quantitative estimate of drug-likeness (QED) is 0.467. The van der Waals surface area contributed by atoms with Gasteiger partial charge in [-0.15, -0.1) is 11.3 Å². The Balaban J connectivity index is 1.39. The Morgan fingerprint density at radius 3 is 2.75 bits per heavy atom. The standard InChI is InChI=1S/C22H24ClN5O3S/c1-30-21(29)17-7-13-32-20(17)26-19-18(23)14-24-22(27-19)25-16-4-2-15(3-5-16)6-8-28-9-11-31-12-10-28/h2-5,7,13-14H,6,8-12H2,1H3,(H2,24,25,26,27). The average Bonchev–Trinajstić information content (AvgIpc) is 3.29. The third kappa shape index (κ3) is 5.74. The van der Waals surface area contributed by atoms with Crippen LogP contribution in [0.3, 0.4) is 0 Å². The van der Waals surface area contributed by atoms with Crippen molar-refractivity contribution < 1.29 is 14.3 Å². The third-order valence-electron chi connectivity index (χ3n) is 5.08. The molecule has 1 aliphatic rings. The van der Waals surface area contributed by atoms with Gasteiger partial charge < -0.3 is 20.1 Å². The van der Waals surface area contributed by atoms with Crippen LogP contribution in [0.2, 0.25) is 5.02 Å². The molecule has 10 heteroatoms. The van der Waals surface area contributed by atoms with Gasteiger partial charge >= 0.3 is 5.97 Å². The Bertz CT molecular complexity index is 1050. The number of halogens is 1. The molecule has 0 amide bonds. The summed E-state index contributed by atoms with van der Waals surface area (Å²) in [6.45, 7) is 4.66. The Morgan fingerprint density at radius 2 is 2.00 bits per heavy atom. The highest BCUT2D eigenvalue weighted by molar-refractivity contribution is 7.14. The summed E-state index contributed by atoms with van der Waals surface area (Å²) in [6, 6.07) is 9.91. The smallest absolute Gasteiger partial charge is 0.340 e. The maximum Gasteiger partial charge on any atom is 0.340 e. The van der Waals surface area contributed by atoms with Gasteiger partial charge in [0, 0.05) is 25.3 Å². The fourth-order valence-electron chi connectivity index (χ4n) is 3.30. The number of carbonyl (C=O) groups excluding carboxylic acids is 1. The van der Waals surface area contributed by atoms with Crippen LogP contribution < -0.4 is 10.6 Å². The van der Waals surface area contributed by atoms with E-state index in [4.69, 9.17) is 21.1 Å². The molecule has 0 saturated carbocycles. The minimum atomic E-state index is -0.425. The molecule has 1 saturated heterocycles. The monoisotopic (exact) mass is 473 g/mol. The first-order valence-corrected chi connectivity index (χ1v) is 11.5. The van der Waals surface area contributed by atoms with Gasteiger partial charge in [0.15, 0.2) is 5.82 Å². The normalized spacial score (nSPS) is 14.2. The van der Waals surface area contributed by atoms with Gasteiger partial charge in [0.1, 0.15) is 10.0 Å². The number of aromatic nitrogens is 2. The van der Waals surface area contributed by atoms with Crippen molar-refractivity contribution in [1.82, 2.24) is 14.9 Å². The van der Waals surface area contributed by atoms with Crippen LogP contribution in [-0.4, -0.2) is 60.8 Å². The van der Waals surface area contributed by atoms with Crippen molar-refractivity contribution in [3.05, 3.63) is 58.1 Å². The first-order valence-electron chi connectivity index (χ1n) is 10.2. The van der Waals surface area contributed by atoms with Crippen LogP contribution in [0.1, 0.15) is 15.9 Å². The summed E-state index contributed by atoms with van der Waals surface area (Å²) < 4.78 is 10.2. The molecule has 0 bridgehead atoms. The van der Waals surface area contributed by atoms with Gasteiger partial charge in [-0.2, -0.15) is 4.98 Å². The number of ether oxygens (including phenoxy) is 2. The van der Waals surface area contributed by atoms with Crippen LogP contribution in [0.15, 0.2) is 41.9 Å². The van der Waals surface area contributed by atoms with Crippen LogP contribution in [0.4, 0.5) is 22.5 Å². The minimum absolute atomic E-state index is 0.346. The number of methoxy groups -OCH3 is 1. The Labute approximate surface area is 195 Å². The topological polar surface area (TPSA) is 88.6 Å². The van der Waals surface area contributed by atoms with E-state index in [9.17, 15) is 4.79 Å². The van der Waals surface area contributed by atoms with Gasteiger partial charge in [-0.3, -0.25) is 4.90 Å². The maximum absolute atomic E-state index is 11.9. The molecular formula is C22H24ClN5O3S. The SMILES string of the molecule is COC(=O)c1ccsc1Nc1nc(Nc2ccc(CCN3CCOCC3)cc2)ncc1Cl. The molecule has 4 rings (SSSR count). The first kappa shape index (κ1) is 22.5. The van der Waals surface area contributed by atoms with Crippen LogP contribution in [-0.2, 0) is 15.9 Å². The lowest BCUT2D eigenvalue weighted by Gasteiger charge is -2.26. The van der Waals surface area contributed by atoms with Crippen molar-refractivity contribution in [1.29, 1.82) is 0 Å². The molecule has 3 heterocycles. The molecule has 2 aromatic heterocycles. The highest BCUT2D eigenvalue weighted by atomic mass is 35.5. The molecule has 168 valence electrons. The van der Waals surface area contributed by atoms with Gasteiger partial charge in [0.05, 0.1) is 32.1 Å². The predicted octanol–water partition coefficient (Wildman–Crippen LogP) is 4.34. The van der Waals surface area contributed by atoms with Crippen LogP contribution in [0.5, 0.6) is 0 Å². The van der Waals surface area contributed by atoms with Crippen LogP contribution in [0, 0.1) is 0 Å². The van der Waals surface area contributed by atoms with Crippen LogP contribution in [0.25, 0.3) is 0 Å². The molecule has 8 nitrogen and oxygen atoms in total. The highest BCUT2D eigenvalue weighted by Crippen LogP contribution is 2.30. The summed E-state index contributed by atoms with van der Waals surface area (Å²) in [5, 5.41) is 9.04. The molecule has 32 heavy (non-hydrogen) atoms. The van der Waals surface area contributed by atoms with E-state index in [0.29, 0.717) is 27.4 Å². The molecule has 0 aliphatic carbocycles. The van der Waals surface area contributed by atoms with E-state index in [-0.39, 0.29) is 0 Å². The fraction of sp³-hybridized carbons (Fsp3) is 0.318. The lowest BCUT2D eigenvalue weighted by atomic mass is 10.1. The third-order valence-corrected chi connectivity index (χ3v) is 6.18. The molecular weight excluding hydrogens is 450 g/mol. The molecule has 3 aromatic rings. The Morgan fingerprint density at radius 1 is 1.22 bits per heavy atom. The van der Waals surface area contributed by atoms with E-state index >= 15 is 0 Å². The predicted molar refractivity (Wildman–Crippen MR) is 127 cm³/mol. The van der Waals surface area contributed by atoms with Crippen molar-refractivity contribution in [2.45, 2.75) is 6.42 Å². The van der Waals surface area contributed by atoms with E-state index in [1.54, 1.807) is 11.4 Å². The second kappa shape index (κ2) is 10.7. The zero-order valence-corrected chi connectivity index (χ0v) is 19.2. The molecule has 2 N–H and O–H groups in total. The van der Waals surface area contributed by atoms with Gasteiger partial charge in [-0.25, -0.2) is 9.78 Å². The van der Waals surface area contributed by atoms with Crippen molar-refractivity contribution >= 4 is 51.4 Å². The summed E-state index contributed by atoms with van der Waals surface area (Å²) >= 11 is 7.62. The van der Waals surface area contributed by atoms with Crippen molar-refractivity contribution in [3.8, 4) is 0 Å². The number of thiophene rings is 1. The first-order chi connectivity index (χ1) is 15.6. The van der Waals surface area contributed by atoms with Gasteiger partial charge in [0.2, 0.25) is 5.95 Å². The second-order valence-electron chi connectivity index (χ2n) is 7.20. The Kier molecular flexibility index (Phi) is 7.54. The summed E-state index contributed by atoms with van der Waals surface area (Å²) in [7, 11) is 1.34. The largest absolute Gasteiger partial charge is 0.465 e. The average molecular weight is 474 g/mol. The highest BCUT2D eigenvalue weighted by Gasteiger charge is 2.16. The number of esters is 1. The molecule has 0 radical (unpaired) electrons. The van der Waals surface area contributed by atoms with E-state index in [1.165, 1.54) is 30.2 Å². The number of benzene rings is 1. The Hall–Kier alpha value is -2.72. The molecule has 0 spiro atoms. The van der Waals surface area contributed by atoms with E-state index < -0.39 is 5.97 Å². The van der Waals surface area contributed by atoms with E-state index in [2.05, 4.69) is 37.6 Å². The maximum atomic E-state index is 11.9. The summed E-state index contributed by atoms with van der Waals surface area (Å²) in [4.78, 5) is 23.0. The van der Waals surface area contributed by atoms with Crippen molar-refractivity contribution in [2.24, 2.45) is 0 Å². The number of anilines is 4. The van der Waals surface area contributed by atoms with E-state index in [1.807, 2.05) is 12.1 Å². The number of nitrogens with zero attached hydrogens (tertiary/aromatic N) is 3. The zero-order chi connectivity index (χ0) is 22.3. The number of carbonyl (C=O) groups is 1. The molecule has 0 unspecified atom stereocenters. The second-order valence-corrected chi connectivity index (χ2v) is 8.52. The van der Waals surface area contributed by atoms with E-state index in [0.717, 1.165) is 45.0 Å². The summed E-state index contributed by atoms with van der Waals surface area (Å²) in [6.07, 6.45) is 2.51. The lowest BCUT2D eigenvalue weighted by Crippen LogP contribution is -2.37. The lowest BCUT2D eigenvalue weighted by molar-refractivity contribution is 0.0384. The number of hydrogen-bond donors (Lipinski definition) is 2. The molecule has 1 aromatic carbocycles. The molecule has 0 atom stereocenters. The van der Waals surface area contributed by atoms with Crippen molar-refractivity contribution in [2.75, 3.05) is 50.6 Å². The van der Waals surface area contributed by atoms with Crippen molar-refractivity contribution in [3.63, 3.8) is 0 Å².